The third-order valence-corrected chi connectivity index (χ3v) is 8.23. The first-order chi connectivity index (χ1) is 14.5. The van der Waals surface area contributed by atoms with E-state index >= 15 is 0 Å². The minimum absolute atomic E-state index is 0.103. The van der Waals surface area contributed by atoms with E-state index in [4.69, 9.17) is 4.74 Å². The monoisotopic (exact) mass is 451 g/mol. The highest BCUT2D eigenvalue weighted by molar-refractivity contribution is 7.99. The number of Topliss-reactive ketones (excluding diaryl/α,β-unsaturated/α-hetero) is 1. The summed E-state index contributed by atoms with van der Waals surface area (Å²) in [4.78, 5) is 12.8. The van der Waals surface area contributed by atoms with Crippen molar-refractivity contribution < 1.29 is 17.9 Å². The van der Waals surface area contributed by atoms with Crippen molar-refractivity contribution in [1.29, 1.82) is 0 Å². The Bertz CT molecular complexity index is 965. The Kier molecular flexibility index (Phi) is 6.81. The summed E-state index contributed by atoms with van der Waals surface area (Å²) < 4.78 is 34.3. The molecule has 1 aromatic heterocycles. The van der Waals surface area contributed by atoms with Gasteiger partial charge in [-0.3, -0.25) is 4.79 Å². The minimum Gasteiger partial charge on any atom is -0.376 e. The van der Waals surface area contributed by atoms with Crippen LogP contribution in [0.15, 0.2) is 34.3 Å². The van der Waals surface area contributed by atoms with Gasteiger partial charge in [-0.1, -0.05) is 30.3 Å². The van der Waals surface area contributed by atoms with Crippen molar-refractivity contribution in [2.45, 2.75) is 54.8 Å². The number of tetrazole rings is 1. The van der Waals surface area contributed by atoms with Gasteiger partial charge in [-0.2, -0.15) is 4.31 Å². The molecule has 1 aromatic carbocycles. The summed E-state index contributed by atoms with van der Waals surface area (Å²) >= 11 is 1.27. The first-order valence-electron chi connectivity index (χ1n) is 10.2. The van der Waals surface area contributed by atoms with E-state index in [-0.39, 0.29) is 22.5 Å². The van der Waals surface area contributed by atoms with Gasteiger partial charge < -0.3 is 4.74 Å². The van der Waals surface area contributed by atoms with Crippen molar-refractivity contribution >= 4 is 27.6 Å². The van der Waals surface area contributed by atoms with E-state index in [9.17, 15) is 13.2 Å². The van der Waals surface area contributed by atoms with Crippen molar-refractivity contribution in [3.05, 3.63) is 29.8 Å². The number of benzene rings is 1. The summed E-state index contributed by atoms with van der Waals surface area (Å²) in [6.07, 6.45) is 4.97. The lowest BCUT2D eigenvalue weighted by molar-refractivity contribution is 0.0912. The van der Waals surface area contributed by atoms with Gasteiger partial charge in [-0.05, 0) is 48.2 Å². The molecule has 1 atom stereocenters. The fourth-order valence-corrected chi connectivity index (χ4v) is 5.97. The Labute approximate surface area is 180 Å². The fourth-order valence-electron chi connectivity index (χ4n) is 3.68. The summed E-state index contributed by atoms with van der Waals surface area (Å²) in [6, 6.07) is 6.19. The molecule has 2 aromatic rings. The van der Waals surface area contributed by atoms with Crippen molar-refractivity contribution in [2.24, 2.45) is 0 Å². The summed E-state index contributed by atoms with van der Waals surface area (Å²) in [7, 11) is -3.49. The maximum Gasteiger partial charge on any atom is 0.243 e. The van der Waals surface area contributed by atoms with Crippen LogP contribution in [-0.2, 0) is 21.3 Å². The standard InChI is InChI=1S/C19H25N5O4S2/c25-18(14-29-19-20-21-22-24(19)13-16-5-4-12-28-16)15-6-8-17(9-7-15)30(26,27)23-10-2-1-3-11-23/h6-9,16H,1-5,10-14H2/t16-/m0/s1. The zero-order valence-electron chi connectivity index (χ0n) is 16.6. The first-order valence-corrected chi connectivity index (χ1v) is 12.6. The second-order valence-electron chi connectivity index (χ2n) is 7.48. The number of thioether (sulfide) groups is 1. The minimum atomic E-state index is -3.49. The number of carbonyl (C=O) groups excluding carboxylic acids is 1. The zero-order chi connectivity index (χ0) is 21.0. The number of aromatic nitrogens is 4. The maximum absolute atomic E-state index is 12.7. The van der Waals surface area contributed by atoms with Gasteiger partial charge in [-0.15, -0.1) is 5.10 Å². The Morgan fingerprint density at radius 1 is 1.13 bits per heavy atom. The zero-order valence-corrected chi connectivity index (χ0v) is 18.3. The van der Waals surface area contributed by atoms with Crippen LogP contribution in [0.3, 0.4) is 0 Å². The molecule has 0 bridgehead atoms. The fraction of sp³-hybridized carbons (Fsp3) is 0.579. The Morgan fingerprint density at radius 2 is 1.90 bits per heavy atom. The van der Waals surface area contributed by atoms with Crippen molar-refractivity contribution in [2.75, 3.05) is 25.4 Å². The predicted molar refractivity (Wildman–Crippen MR) is 111 cm³/mol. The average molecular weight is 452 g/mol. The smallest absolute Gasteiger partial charge is 0.243 e. The third kappa shape index (κ3) is 4.90. The van der Waals surface area contributed by atoms with Gasteiger partial charge in [0, 0.05) is 25.3 Å². The number of piperidine rings is 1. The highest BCUT2D eigenvalue weighted by atomic mass is 32.2. The van der Waals surface area contributed by atoms with Crippen LogP contribution >= 0.6 is 11.8 Å². The molecule has 2 saturated heterocycles. The molecule has 3 heterocycles. The predicted octanol–water partition coefficient (Wildman–Crippen LogP) is 2.00. The molecule has 0 unspecified atom stereocenters. The number of hydrogen-bond donors (Lipinski definition) is 0. The van der Waals surface area contributed by atoms with Crippen LogP contribution in [0, 0.1) is 0 Å². The van der Waals surface area contributed by atoms with E-state index in [1.165, 1.54) is 28.2 Å². The second-order valence-corrected chi connectivity index (χ2v) is 10.4. The normalized spacial score (nSPS) is 20.5. The summed E-state index contributed by atoms with van der Waals surface area (Å²) in [6.45, 7) is 2.45. The van der Waals surface area contributed by atoms with Crippen LogP contribution < -0.4 is 0 Å². The highest BCUT2D eigenvalue weighted by Gasteiger charge is 2.26. The van der Waals surface area contributed by atoms with Gasteiger partial charge in [-0.25, -0.2) is 13.1 Å². The summed E-state index contributed by atoms with van der Waals surface area (Å²) in [5.74, 6) is 0.0676. The van der Waals surface area contributed by atoms with Crippen molar-refractivity contribution in [1.82, 2.24) is 24.5 Å². The van der Waals surface area contributed by atoms with E-state index in [2.05, 4.69) is 15.5 Å². The number of hydrogen-bond acceptors (Lipinski definition) is 8. The molecule has 0 radical (unpaired) electrons. The van der Waals surface area contributed by atoms with Gasteiger partial charge in [0.15, 0.2) is 5.78 Å². The Morgan fingerprint density at radius 3 is 2.60 bits per heavy atom. The number of ether oxygens (including phenoxy) is 1. The van der Waals surface area contributed by atoms with Crippen LogP contribution in [0.5, 0.6) is 0 Å². The number of sulfonamides is 1. The van der Waals surface area contributed by atoms with Gasteiger partial charge in [0.05, 0.1) is 23.3 Å². The summed E-state index contributed by atoms with van der Waals surface area (Å²) in [5.41, 5.74) is 0.471. The Balaban J connectivity index is 1.36. The topological polar surface area (TPSA) is 107 Å². The SMILES string of the molecule is O=C(CSc1nnnn1C[C@@H]1CCCO1)c1ccc(S(=O)(=O)N2CCCCC2)cc1. The van der Waals surface area contributed by atoms with Crippen LogP contribution in [0.25, 0.3) is 0 Å². The molecule has 0 N–H and O–H groups in total. The van der Waals surface area contributed by atoms with Gasteiger partial charge >= 0.3 is 0 Å². The number of ketones is 1. The van der Waals surface area contributed by atoms with E-state index in [0.717, 1.165) is 38.7 Å². The van der Waals surface area contributed by atoms with Crippen LogP contribution in [0.4, 0.5) is 0 Å². The quantitative estimate of drug-likeness (QED) is 0.443. The van der Waals surface area contributed by atoms with Gasteiger partial charge in [0.2, 0.25) is 15.2 Å². The molecule has 0 aliphatic carbocycles. The molecule has 2 aliphatic heterocycles. The molecule has 2 aliphatic rings. The average Bonchev–Trinajstić information content (AvgIpc) is 3.45. The lowest BCUT2D eigenvalue weighted by atomic mass is 10.1. The molecule has 0 amide bonds. The molecule has 162 valence electrons. The van der Waals surface area contributed by atoms with E-state index in [0.29, 0.717) is 30.4 Å². The molecular weight excluding hydrogens is 426 g/mol. The molecule has 4 rings (SSSR count). The molecule has 30 heavy (non-hydrogen) atoms. The largest absolute Gasteiger partial charge is 0.376 e. The van der Waals surface area contributed by atoms with Crippen LogP contribution in [0.2, 0.25) is 0 Å². The number of rotatable bonds is 8. The van der Waals surface area contributed by atoms with Crippen molar-refractivity contribution in [3.8, 4) is 0 Å². The molecule has 2 fully saturated rings. The second kappa shape index (κ2) is 9.54. The number of carbonyl (C=O) groups is 1. The lowest BCUT2D eigenvalue weighted by Gasteiger charge is -2.25. The lowest BCUT2D eigenvalue weighted by Crippen LogP contribution is -2.35. The Hall–Kier alpha value is -1.82. The van der Waals surface area contributed by atoms with Crippen molar-refractivity contribution in [3.63, 3.8) is 0 Å². The highest BCUT2D eigenvalue weighted by Crippen LogP contribution is 2.22. The molecule has 0 saturated carbocycles. The maximum atomic E-state index is 12.7. The molecular formula is C19H25N5O4S2. The van der Waals surface area contributed by atoms with Crippen LogP contribution in [-0.4, -0.2) is 70.3 Å². The molecule has 11 heteroatoms. The number of nitrogens with zero attached hydrogens (tertiary/aromatic N) is 5. The van der Waals surface area contributed by atoms with E-state index < -0.39 is 10.0 Å². The molecule has 0 spiro atoms. The van der Waals surface area contributed by atoms with Crippen LogP contribution in [0.1, 0.15) is 42.5 Å². The molecule has 9 nitrogen and oxygen atoms in total. The van der Waals surface area contributed by atoms with Gasteiger partial charge in [0.25, 0.3) is 0 Å². The third-order valence-electron chi connectivity index (χ3n) is 5.36. The first kappa shape index (κ1) is 21.4. The van der Waals surface area contributed by atoms with Gasteiger partial charge in [0.1, 0.15) is 0 Å². The summed E-state index contributed by atoms with van der Waals surface area (Å²) in [5, 5.41) is 12.3. The van der Waals surface area contributed by atoms with E-state index in [1.807, 2.05) is 0 Å². The van der Waals surface area contributed by atoms with E-state index in [1.54, 1.807) is 16.8 Å².